The van der Waals surface area contributed by atoms with E-state index in [1.807, 2.05) is 6.08 Å². The van der Waals surface area contributed by atoms with Crippen molar-refractivity contribution < 1.29 is 23.8 Å². The number of amides is 2. The fraction of sp³-hybridized carbons (Fsp3) is 0.290. The lowest BCUT2D eigenvalue weighted by Crippen LogP contribution is -2.53. The second kappa shape index (κ2) is 10.5. The molecule has 2 fully saturated rings. The predicted octanol–water partition coefficient (Wildman–Crippen LogP) is 3.37. The van der Waals surface area contributed by atoms with E-state index in [1.54, 1.807) is 48.5 Å². The van der Waals surface area contributed by atoms with Crippen LogP contribution in [0.5, 0.6) is 5.75 Å². The molecule has 0 bridgehead atoms. The molecule has 14 heteroatoms. The number of hydrogen-bond acceptors (Lipinski definition) is 8. The molecule has 2 amide bonds. The molecule has 4 aromatic rings. The Kier molecular flexibility index (Phi) is 6.84. The molecule has 2 N–H and O–H groups in total. The van der Waals surface area contributed by atoms with E-state index in [0.717, 1.165) is 9.58 Å². The maximum absolute atomic E-state index is 15.0. The molecule has 7 rings (SSSR count). The summed E-state index contributed by atoms with van der Waals surface area (Å²) in [5, 5.41) is 11.4. The highest BCUT2D eigenvalue weighted by Gasteiger charge is 2.69. The molecule has 0 spiro atoms. The first-order valence-electron chi connectivity index (χ1n) is 14.1. The Balaban J connectivity index is 1.49. The molecule has 4 unspecified atom stereocenters. The third-order valence-corrected chi connectivity index (χ3v) is 9.71. The zero-order valence-corrected chi connectivity index (χ0v) is 25.6. The van der Waals surface area contributed by atoms with Crippen molar-refractivity contribution in [3.05, 3.63) is 114 Å². The molecule has 4 atom stereocenters. The predicted molar refractivity (Wildman–Crippen MR) is 163 cm³/mol. The van der Waals surface area contributed by atoms with Gasteiger partial charge in [-0.2, -0.15) is 5.01 Å². The van der Waals surface area contributed by atoms with Crippen LogP contribution in [0.25, 0.3) is 0 Å². The van der Waals surface area contributed by atoms with Crippen molar-refractivity contribution in [1.82, 2.24) is 18.9 Å². The molecule has 3 aliphatic rings. The van der Waals surface area contributed by atoms with Crippen LogP contribution in [0, 0.1) is 5.92 Å². The summed E-state index contributed by atoms with van der Waals surface area (Å²) in [5.74, 6) is -1.92. The van der Waals surface area contributed by atoms with E-state index < -0.39 is 46.5 Å². The Morgan fingerprint density at radius 3 is 2.47 bits per heavy atom. The quantitative estimate of drug-likeness (QED) is 0.239. The zero-order valence-electron chi connectivity index (χ0n) is 24.1. The van der Waals surface area contributed by atoms with E-state index in [-0.39, 0.29) is 36.0 Å². The van der Waals surface area contributed by atoms with Gasteiger partial charge in [-0.05, 0) is 60.0 Å². The van der Waals surface area contributed by atoms with E-state index in [0.29, 0.717) is 27.7 Å². The SMILES string of the molecule is COc1ccc(C23C(=O)N(Nc4ccc(Cl)cc4Cl)C(=O)C2CC2C(=CCn4c(=O)n(C)c(=O)n42)C3c2ccc(CO)o2)cc1. The Morgan fingerprint density at radius 2 is 1.80 bits per heavy atom. The smallest absolute Gasteiger partial charge is 0.347 e. The first-order valence-corrected chi connectivity index (χ1v) is 14.9. The van der Waals surface area contributed by atoms with Crippen molar-refractivity contribution in [3.63, 3.8) is 0 Å². The van der Waals surface area contributed by atoms with Crippen LogP contribution in [0.15, 0.2) is 80.3 Å². The van der Waals surface area contributed by atoms with Crippen LogP contribution in [0.2, 0.25) is 10.0 Å². The molecule has 2 aromatic heterocycles. The van der Waals surface area contributed by atoms with Crippen molar-refractivity contribution in [2.24, 2.45) is 13.0 Å². The first kappa shape index (κ1) is 29.2. The van der Waals surface area contributed by atoms with Gasteiger partial charge in [-0.25, -0.2) is 23.5 Å². The van der Waals surface area contributed by atoms with Gasteiger partial charge in [0.1, 0.15) is 29.3 Å². The third-order valence-electron chi connectivity index (χ3n) is 9.16. The molecule has 2 aliphatic heterocycles. The van der Waals surface area contributed by atoms with E-state index in [2.05, 4.69) is 5.43 Å². The maximum Gasteiger partial charge on any atom is 0.347 e. The van der Waals surface area contributed by atoms with Crippen molar-refractivity contribution in [1.29, 1.82) is 0 Å². The maximum atomic E-state index is 15.0. The molecule has 232 valence electrons. The number of anilines is 1. The van der Waals surface area contributed by atoms with Crippen LogP contribution in [0.3, 0.4) is 0 Å². The number of aliphatic hydroxyl groups excluding tert-OH is 1. The summed E-state index contributed by atoms with van der Waals surface area (Å²) in [4.78, 5) is 55.9. The fourth-order valence-electron chi connectivity index (χ4n) is 7.16. The number of hydrazine groups is 1. The molecule has 1 saturated heterocycles. The summed E-state index contributed by atoms with van der Waals surface area (Å²) in [6, 6.07) is 14.1. The number of nitrogens with zero attached hydrogens (tertiary/aromatic N) is 4. The second-order valence-electron chi connectivity index (χ2n) is 11.3. The highest BCUT2D eigenvalue weighted by Crippen LogP contribution is 2.62. The van der Waals surface area contributed by atoms with Crippen LogP contribution < -0.4 is 21.5 Å². The van der Waals surface area contributed by atoms with Crippen LogP contribution in [0.4, 0.5) is 5.69 Å². The number of aromatic nitrogens is 3. The summed E-state index contributed by atoms with van der Waals surface area (Å²) < 4.78 is 15.2. The molecular formula is C31H27Cl2N5O7. The van der Waals surface area contributed by atoms with Crippen LogP contribution in [-0.4, -0.2) is 43.0 Å². The summed E-state index contributed by atoms with van der Waals surface area (Å²) in [6.07, 6.45) is 1.85. The van der Waals surface area contributed by atoms with E-state index in [4.69, 9.17) is 32.4 Å². The number of aliphatic hydroxyl groups is 1. The fourth-order valence-corrected chi connectivity index (χ4v) is 7.61. The van der Waals surface area contributed by atoms with Gasteiger partial charge in [0, 0.05) is 12.1 Å². The van der Waals surface area contributed by atoms with Gasteiger partial charge in [-0.15, -0.1) is 0 Å². The largest absolute Gasteiger partial charge is 0.497 e. The Labute approximate surface area is 265 Å². The number of imide groups is 1. The van der Waals surface area contributed by atoms with Gasteiger partial charge >= 0.3 is 11.4 Å². The van der Waals surface area contributed by atoms with Gasteiger partial charge in [0.05, 0.1) is 42.2 Å². The number of carbonyl (C=O) groups excluding carboxylic acids is 2. The second-order valence-corrected chi connectivity index (χ2v) is 12.1. The number of benzene rings is 2. The van der Waals surface area contributed by atoms with Crippen molar-refractivity contribution in [2.75, 3.05) is 12.5 Å². The number of rotatable bonds is 6. The number of ether oxygens (including phenoxy) is 1. The van der Waals surface area contributed by atoms with Gasteiger partial charge < -0.3 is 14.3 Å². The zero-order chi connectivity index (χ0) is 31.8. The Hall–Kier alpha value is -4.52. The van der Waals surface area contributed by atoms with Crippen molar-refractivity contribution in [3.8, 4) is 5.75 Å². The summed E-state index contributed by atoms with van der Waals surface area (Å²) in [6.45, 7) is -0.319. The molecule has 4 heterocycles. The lowest BCUT2D eigenvalue weighted by Gasteiger charge is -2.47. The average molecular weight is 652 g/mol. The minimum absolute atomic E-state index is 0.0302. The lowest BCUT2D eigenvalue weighted by atomic mass is 9.54. The number of halogens is 2. The number of methoxy groups -OCH3 is 1. The van der Waals surface area contributed by atoms with Gasteiger partial charge in [0.25, 0.3) is 11.8 Å². The molecule has 1 aliphatic carbocycles. The lowest BCUT2D eigenvalue weighted by molar-refractivity contribution is -0.138. The number of allylic oxidation sites excluding steroid dienone is 2. The third kappa shape index (κ3) is 4.09. The number of carbonyl (C=O) groups is 2. The highest BCUT2D eigenvalue weighted by atomic mass is 35.5. The minimum atomic E-state index is -1.57. The van der Waals surface area contributed by atoms with Crippen molar-refractivity contribution >= 4 is 40.7 Å². The Bertz CT molecular complexity index is 2020. The van der Waals surface area contributed by atoms with E-state index >= 15 is 4.79 Å². The van der Waals surface area contributed by atoms with E-state index in [9.17, 15) is 19.5 Å². The van der Waals surface area contributed by atoms with Gasteiger partial charge in [-0.3, -0.25) is 15.0 Å². The van der Waals surface area contributed by atoms with Crippen LogP contribution >= 0.6 is 23.2 Å². The first-order chi connectivity index (χ1) is 21.6. The molecule has 0 radical (unpaired) electrons. The van der Waals surface area contributed by atoms with Gasteiger partial charge in [0.15, 0.2) is 0 Å². The van der Waals surface area contributed by atoms with Crippen molar-refractivity contribution in [2.45, 2.75) is 36.9 Å². The van der Waals surface area contributed by atoms with Crippen LogP contribution in [-0.2, 0) is 35.2 Å². The molecule has 1 saturated carbocycles. The summed E-state index contributed by atoms with van der Waals surface area (Å²) in [7, 11) is 2.93. The number of nitrogens with one attached hydrogen (secondary N) is 1. The summed E-state index contributed by atoms with van der Waals surface area (Å²) >= 11 is 12.5. The number of fused-ring (bicyclic) bond motifs is 4. The number of furan rings is 1. The monoisotopic (exact) mass is 651 g/mol. The average Bonchev–Trinajstić information content (AvgIpc) is 3.67. The molecular weight excluding hydrogens is 625 g/mol. The molecule has 2 aromatic carbocycles. The minimum Gasteiger partial charge on any atom is -0.497 e. The normalized spacial score (nSPS) is 23.8. The van der Waals surface area contributed by atoms with Gasteiger partial charge in [0.2, 0.25) is 0 Å². The standard InChI is InChI=1S/C31H27Cl2N5O7/c1-35-29(42)36-12-11-20-24(38(36)30(35)43)14-21-27(40)37(34-23-9-5-17(32)13-22(23)33)28(41)31(21,16-3-6-18(44-2)7-4-16)26(20)25-10-8-19(15-39)45-25/h3-11,13,21,24,26,34,39H,12,14-15H2,1-2H3. The highest BCUT2D eigenvalue weighted by molar-refractivity contribution is 6.36. The Morgan fingerprint density at radius 1 is 1.04 bits per heavy atom. The molecule has 45 heavy (non-hydrogen) atoms. The van der Waals surface area contributed by atoms with Crippen LogP contribution in [0.1, 0.15) is 35.5 Å². The van der Waals surface area contributed by atoms with Gasteiger partial charge in [-0.1, -0.05) is 41.4 Å². The summed E-state index contributed by atoms with van der Waals surface area (Å²) in [5.41, 5.74) is 1.77. The van der Waals surface area contributed by atoms with E-state index in [1.165, 1.54) is 29.6 Å². The molecule has 12 nitrogen and oxygen atoms in total. The number of hydrogen-bond donors (Lipinski definition) is 2. The topological polar surface area (TPSA) is 141 Å².